The van der Waals surface area contributed by atoms with Crippen LogP contribution in [0.25, 0.3) is 11.1 Å². The predicted octanol–water partition coefficient (Wildman–Crippen LogP) is 5.21. The summed E-state index contributed by atoms with van der Waals surface area (Å²) in [6, 6.07) is 22.9. The molecule has 8 rings (SSSR count). The molecule has 2 bridgehead atoms. The highest BCUT2D eigenvalue weighted by Crippen LogP contribution is 2.65. The Bertz CT molecular complexity index is 1370. The molecule has 5 heteroatoms. The minimum Gasteiger partial charge on any atom is -0.504 e. The predicted molar refractivity (Wildman–Crippen MR) is 145 cm³/mol. The molecule has 3 aromatic carbocycles. The van der Waals surface area contributed by atoms with Crippen molar-refractivity contribution in [2.75, 3.05) is 13.1 Å². The third-order valence-corrected chi connectivity index (χ3v) is 10.2. The molecule has 2 aliphatic heterocycles. The molecule has 3 aliphatic carbocycles. The van der Waals surface area contributed by atoms with E-state index in [1.807, 2.05) is 6.07 Å². The molecule has 0 aromatic heterocycles. The summed E-state index contributed by atoms with van der Waals surface area (Å²) < 4.78 is 13.2. The summed E-state index contributed by atoms with van der Waals surface area (Å²) in [4.78, 5) is 2.57. The van der Waals surface area contributed by atoms with Crippen LogP contribution >= 0.6 is 0 Å². The number of likely N-dealkylation sites (tertiary alicyclic amines) is 1. The minimum atomic E-state index is -0.867. The van der Waals surface area contributed by atoms with Gasteiger partial charge in [-0.1, -0.05) is 60.7 Å². The van der Waals surface area contributed by atoms with Crippen molar-refractivity contribution in [3.05, 3.63) is 83.4 Å². The van der Waals surface area contributed by atoms with E-state index in [-0.39, 0.29) is 24.0 Å². The number of benzene rings is 3. The first-order valence-corrected chi connectivity index (χ1v) is 14.3. The number of aromatic hydroxyl groups is 1. The topological polar surface area (TPSA) is 62.2 Å². The molecule has 3 aromatic rings. The Hall–Kier alpha value is -2.86. The second-order valence-corrected chi connectivity index (χ2v) is 12.2. The van der Waals surface area contributed by atoms with Gasteiger partial charge in [-0.15, -0.1) is 0 Å². The van der Waals surface area contributed by atoms with E-state index in [1.54, 1.807) is 6.07 Å². The van der Waals surface area contributed by atoms with E-state index in [4.69, 9.17) is 9.47 Å². The van der Waals surface area contributed by atoms with Gasteiger partial charge in [0.15, 0.2) is 11.5 Å². The molecular weight excluding hydrogens is 474 g/mol. The molecule has 2 N–H and O–H groups in total. The summed E-state index contributed by atoms with van der Waals surface area (Å²) in [6.45, 7) is 2.56. The fraction of sp³-hybridized carbons (Fsp3) is 0.455. The summed E-state index contributed by atoms with van der Waals surface area (Å²) in [5.74, 6) is 1.56. The maximum Gasteiger partial charge on any atom is 0.165 e. The van der Waals surface area contributed by atoms with Crippen LogP contribution in [-0.2, 0) is 23.2 Å². The summed E-state index contributed by atoms with van der Waals surface area (Å²) in [7, 11) is 0. The largest absolute Gasteiger partial charge is 0.504 e. The van der Waals surface area contributed by atoms with Crippen LogP contribution in [0.4, 0.5) is 0 Å². The number of piperidine rings is 1. The summed E-state index contributed by atoms with van der Waals surface area (Å²) >= 11 is 0. The van der Waals surface area contributed by atoms with Gasteiger partial charge < -0.3 is 19.7 Å². The van der Waals surface area contributed by atoms with Gasteiger partial charge in [0.2, 0.25) is 0 Å². The Kier molecular flexibility index (Phi) is 5.05. The van der Waals surface area contributed by atoms with Crippen LogP contribution in [0.1, 0.15) is 48.8 Å². The second-order valence-electron chi connectivity index (χ2n) is 12.2. The van der Waals surface area contributed by atoms with E-state index in [0.717, 1.165) is 49.4 Å². The van der Waals surface area contributed by atoms with E-state index >= 15 is 0 Å². The smallest absolute Gasteiger partial charge is 0.165 e. The van der Waals surface area contributed by atoms with Gasteiger partial charge in [0.25, 0.3) is 0 Å². The van der Waals surface area contributed by atoms with Gasteiger partial charge in [0.1, 0.15) is 6.10 Å². The van der Waals surface area contributed by atoms with Gasteiger partial charge in [-0.3, -0.25) is 4.90 Å². The summed E-state index contributed by atoms with van der Waals surface area (Å²) in [5, 5.41) is 23.4. The average Bonchev–Trinajstić information content (AvgIpc) is 3.69. The van der Waals surface area contributed by atoms with E-state index in [1.165, 1.54) is 29.5 Å². The van der Waals surface area contributed by atoms with E-state index < -0.39 is 11.0 Å². The van der Waals surface area contributed by atoms with Crippen molar-refractivity contribution in [2.45, 2.75) is 74.4 Å². The van der Waals surface area contributed by atoms with Crippen molar-refractivity contribution in [3.8, 4) is 22.6 Å². The lowest BCUT2D eigenvalue weighted by atomic mass is 9.48. The lowest BCUT2D eigenvalue weighted by Crippen LogP contribution is -2.77. The van der Waals surface area contributed by atoms with Crippen LogP contribution < -0.4 is 4.74 Å². The Morgan fingerprint density at radius 2 is 1.71 bits per heavy atom. The summed E-state index contributed by atoms with van der Waals surface area (Å²) in [6.07, 6.45) is 5.31. The van der Waals surface area contributed by atoms with Crippen molar-refractivity contribution in [1.29, 1.82) is 0 Å². The molecule has 0 radical (unpaired) electrons. The lowest BCUT2D eigenvalue weighted by molar-refractivity contribution is -0.217. The number of phenolic OH excluding ortho intramolecular Hbond substituents is 1. The SMILES string of the molecule is Oc1ccc2c3c1O[C@H]1[C@H](OCc4ccc(-c5ccccc5)cc4)CC[C@@]4(O)[C@@H](C2)N(CC2CC2)CC[C@]314. The highest BCUT2D eigenvalue weighted by molar-refractivity contribution is 5.64. The molecule has 0 unspecified atom stereocenters. The van der Waals surface area contributed by atoms with Crippen LogP contribution in [-0.4, -0.2) is 52.1 Å². The highest BCUT2D eigenvalue weighted by Gasteiger charge is 2.73. The van der Waals surface area contributed by atoms with Crippen LogP contribution in [0.3, 0.4) is 0 Å². The quantitative estimate of drug-likeness (QED) is 0.478. The molecule has 3 fully saturated rings. The highest BCUT2D eigenvalue weighted by atomic mass is 16.6. The fourth-order valence-electron chi connectivity index (χ4n) is 8.23. The average molecular weight is 510 g/mol. The van der Waals surface area contributed by atoms with Crippen molar-refractivity contribution in [3.63, 3.8) is 0 Å². The first kappa shape index (κ1) is 23.1. The van der Waals surface area contributed by atoms with Crippen LogP contribution in [0.5, 0.6) is 11.5 Å². The van der Waals surface area contributed by atoms with Gasteiger partial charge >= 0.3 is 0 Å². The Morgan fingerprint density at radius 3 is 2.50 bits per heavy atom. The molecular formula is C33H35NO4. The van der Waals surface area contributed by atoms with E-state index in [2.05, 4.69) is 59.5 Å². The number of phenols is 1. The number of hydrogen-bond acceptors (Lipinski definition) is 5. The van der Waals surface area contributed by atoms with E-state index in [9.17, 15) is 10.2 Å². The molecule has 5 nitrogen and oxygen atoms in total. The van der Waals surface area contributed by atoms with Crippen molar-refractivity contribution < 1.29 is 19.7 Å². The van der Waals surface area contributed by atoms with E-state index in [0.29, 0.717) is 18.8 Å². The zero-order chi connectivity index (χ0) is 25.5. The van der Waals surface area contributed by atoms with Gasteiger partial charge in [0.05, 0.1) is 23.7 Å². The Labute approximate surface area is 224 Å². The first-order valence-electron chi connectivity index (χ1n) is 14.3. The van der Waals surface area contributed by atoms with Gasteiger partial charge in [-0.25, -0.2) is 0 Å². The molecule has 1 spiro atoms. The molecule has 2 saturated carbocycles. The van der Waals surface area contributed by atoms with Crippen molar-refractivity contribution >= 4 is 0 Å². The Morgan fingerprint density at radius 1 is 0.921 bits per heavy atom. The van der Waals surface area contributed by atoms with Gasteiger partial charge in [-0.2, -0.15) is 0 Å². The number of ether oxygens (including phenoxy) is 2. The molecule has 38 heavy (non-hydrogen) atoms. The molecule has 0 amide bonds. The number of rotatable bonds is 6. The lowest BCUT2D eigenvalue weighted by Gasteiger charge is -2.64. The van der Waals surface area contributed by atoms with Gasteiger partial charge in [0, 0.05) is 18.2 Å². The second kappa shape index (κ2) is 8.32. The zero-order valence-electron chi connectivity index (χ0n) is 21.7. The Balaban J connectivity index is 1.09. The standard InChI is InChI=1S/C33H35NO4/c35-26-13-12-25-18-28-33(36)15-14-27(37-20-22-8-10-24(11-9-22)23-4-2-1-3-5-23)31-32(33,29(25)30(26)38-31)16-17-34(28)19-21-6-7-21/h1-5,8-13,21,27-28,31,35-36H,6-7,14-20H2/t27-,28-,31+,32+,33-/m1/s1. The summed E-state index contributed by atoms with van der Waals surface area (Å²) in [5.41, 5.74) is 4.43. The first-order chi connectivity index (χ1) is 18.6. The third-order valence-electron chi connectivity index (χ3n) is 10.2. The maximum atomic E-state index is 12.6. The normalized spacial score (nSPS) is 33.0. The maximum absolute atomic E-state index is 12.6. The monoisotopic (exact) mass is 509 g/mol. The minimum absolute atomic E-state index is 0.0948. The molecule has 5 atom stereocenters. The van der Waals surface area contributed by atoms with Crippen molar-refractivity contribution in [1.82, 2.24) is 4.90 Å². The zero-order valence-corrected chi connectivity index (χ0v) is 21.7. The number of hydrogen-bond donors (Lipinski definition) is 2. The molecule has 196 valence electrons. The molecule has 5 aliphatic rings. The fourth-order valence-corrected chi connectivity index (χ4v) is 8.23. The van der Waals surface area contributed by atoms with Crippen molar-refractivity contribution in [2.24, 2.45) is 5.92 Å². The molecule has 1 saturated heterocycles. The van der Waals surface area contributed by atoms with Crippen LogP contribution in [0.15, 0.2) is 66.7 Å². The van der Waals surface area contributed by atoms with Crippen LogP contribution in [0, 0.1) is 5.92 Å². The number of aliphatic hydroxyl groups is 1. The number of nitrogens with zero attached hydrogens (tertiary/aromatic N) is 1. The van der Waals surface area contributed by atoms with Crippen LogP contribution in [0.2, 0.25) is 0 Å². The van der Waals surface area contributed by atoms with Gasteiger partial charge in [-0.05, 0) is 79.3 Å². The third kappa shape index (κ3) is 3.22. The molecule has 2 heterocycles.